The summed E-state index contributed by atoms with van der Waals surface area (Å²) in [4.78, 5) is 99.4. The van der Waals surface area contributed by atoms with E-state index in [9.17, 15) is 38.7 Å². The smallest absolute Gasteiger partial charge is 1.00 e. The van der Waals surface area contributed by atoms with Crippen molar-refractivity contribution in [1.82, 2.24) is 18.3 Å². The Balaban J connectivity index is 0.00000130. The second-order valence-corrected chi connectivity index (χ2v) is 17.4. The Labute approximate surface area is 564 Å². The Morgan fingerprint density at radius 3 is 1.61 bits per heavy atom. The molecule has 4 aromatic heterocycles. The summed E-state index contributed by atoms with van der Waals surface area (Å²) in [6.07, 6.45) is 11.6. The summed E-state index contributed by atoms with van der Waals surface area (Å²) in [7, 11) is 10.8. The van der Waals surface area contributed by atoms with Crippen molar-refractivity contribution >= 4 is 76.3 Å². The number of benzene rings is 2. The summed E-state index contributed by atoms with van der Waals surface area (Å²) < 4.78 is 37.1. The predicted molar refractivity (Wildman–Crippen MR) is 295 cm³/mol. The van der Waals surface area contributed by atoms with Gasteiger partial charge in [0.15, 0.2) is 28.8 Å². The number of aromatic hydroxyl groups is 1. The van der Waals surface area contributed by atoms with Gasteiger partial charge in [-0.25, -0.2) is 14.4 Å². The quantitative estimate of drug-likeness (QED) is 0.00388. The van der Waals surface area contributed by atoms with Crippen molar-refractivity contribution in [2.24, 2.45) is 28.2 Å². The summed E-state index contributed by atoms with van der Waals surface area (Å²) in [5, 5.41) is 26.3. The van der Waals surface area contributed by atoms with Crippen molar-refractivity contribution in [3.63, 3.8) is 0 Å². The minimum Gasteiger partial charge on any atom is -1.00 e. The number of aryl methyl sites for hydroxylation is 4. The topological polar surface area (TPSA) is 352 Å². The number of ether oxygens (including phenoxy) is 6. The molecule has 28 heteroatoms. The molecule has 0 unspecified atom stereocenters. The van der Waals surface area contributed by atoms with Crippen LogP contribution in [-0.4, -0.2) is 112 Å². The van der Waals surface area contributed by atoms with Gasteiger partial charge in [0.1, 0.15) is 30.3 Å². The Morgan fingerprint density at radius 2 is 1.08 bits per heavy atom. The zero-order chi connectivity index (χ0) is 59.9. The van der Waals surface area contributed by atoms with E-state index in [0.29, 0.717) is 71.4 Å². The SMILES string of the molecule is C=CCOC(=O)c1cc(OC)c(O)cc1N.C=CCOC(=O)c1cc(OC)c(OCCCCCC(=O)Nc2cc(C(=O)Nc3cc(C(=O)Cc4cc(C(=O)Nc5cc(C(=O)OC)n(C)c5)n(C)c4)n(C)c3)n(C)c2)cc1N.O=CO[O-].[H-].[K+].[K+]. The number of carbonyl (C=O) groups is 8. The molecule has 3 amide bonds. The molecule has 0 atom stereocenters. The maximum absolute atomic E-state index is 13.4. The molecule has 2 aromatic carbocycles. The molecule has 0 saturated heterocycles. The number of carbonyl (C=O) groups excluding carboxylic acids is 8. The fourth-order valence-electron chi connectivity index (χ4n) is 7.68. The first-order chi connectivity index (χ1) is 38.6. The van der Waals surface area contributed by atoms with E-state index in [1.807, 2.05) is 0 Å². The van der Waals surface area contributed by atoms with Gasteiger partial charge >= 0.3 is 121 Å². The monoisotopic (exact) mass is 1200 g/mol. The van der Waals surface area contributed by atoms with E-state index in [-0.39, 0.29) is 194 Å². The molecule has 0 bridgehead atoms. The minimum atomic E-state index is -0.599. The molecular formula is C55H65K2N9O17. The maximum Gasteiger partial charge on any atom is 1.00 e. The zero-order valence-corrected chi connectivity index (χ0v) is 53.9. The molecule has 4 heterocycles. The first-order valence-electron chi connectivity index (χ1n) is 24.4. The third-order valence-corrected chi connectivity index (χ3v) is 11.5. The minimum absolute atomic E-state index is 0. The molecule has 6 aromatic rings. The van der Waals surface area contributed by atoms with Crippen LogP contribution >= 0.6 is 0 Å². The van der Waals surface area contributed by atoms with Crippen LogP contribution in [0.1, 0.15) is 95.3 Å². The van der Waals surface area contributed by atoms with Crippen molar-refractivity contribution in [2.45, 2.75) is 32.1 Å². The van der Waals surface area contributed by atoms with E-state index in [1.54, 1.807) is 89.4 Å². The molecule has 0 aliphatic carbocycles. The fraction of sp³-hybridized carbons (Fsp3) is 0.273. The van der Waals surface area contributed by atoms with Crippen molar-refractivity contribution in [3.8, 4) is 23.0 Å². The summed E-state index contributed by atoms with van der Waals surface area (Å²) in [6.45, 7) is 7.24. The van der Waals surface area contributed by atoms with Gasteiger partial charge in [0, 0.05) is 90.1 Å². The molecule has 0 saturated carbocycles. The number of phenolic OH excluding ortho intramolecular Hbond substituents is 1. The number of hydrogen-bond acceptors (Lipinski definition) is 19. The molecule has 26 nitrogen and oxygen atoms in total. The number of esters is 3. The standard InChI is InChI=1S/C43H50N8O10.C11H13NO4.CH2O3.2K.H/c1-8-13-61-42(56)30-20-37(58-6)38(21-31(30)44)60-14-11-9-10-12-39(53)45-27-18-34(50(4)23-27)41(55)46-28-17-32(49(3)24-28)36(52)16-26-15-33(48(2)22-26)40(54)47-29-19-35(43(57)59-7)51(5)25-29;1-3-4-16-11(14)7-5-10(15-2)9(13)6-8(7)12;2-1-4-3;;;/h8,15,17-25H,1,9-14,16,44H2,2-7H3,(H,45,53)(H,46,55)(H,47,54);3,5-6,13H,1,4,12H2,2H3;1,3H;;;/q;;;2*+1;-1/p-1. The van der Waals surface area contributed by atoms with Gasteiger partial charge < -0.3 is 90.8 Å². The van der Waals surface area contributed by atoms with Gasteiger partial charge in [0.05, 0.1) is 73.2 Å². The zero-order valence-electron chi connectivity index (χ0n) is 48.7. The van der Waals surface area contributed by atoms with Gasteiger partial charge in [-0.3, -0.25) is 24.0 Å². The van der Waals surface area contributed by atoms with E-state index < -0.39 is 29.7 Å². The fourth-order valence-corrected chi connectivity index (χ4v) is 7.68. The number of rotatable bonds is 25. The van der Waals surface area contributed by atoms with Gasteiger partial charge in [-0.2, -0.15) is 0 Å². The van der Waals surface area contributed by atoms with Crippen LogP contribution in [0.5, 0.6) is 23.0 Å². The van der Waals surface area contributed by atoms with E-state index in [4.69, 9.17) is 49.9 Å². The Morgan fingerprint density at radius 1 is 0.614 bits per heavy atom. The Kier molecular flexibility index (Phi) is 31.2. The molecule has 83 heavy (non-hydrogen) atoms. The van der Waals surface area contributed by atoms with Crippen LogP contribution in [0, 0.1) is 0 Å². The van der Waals surface area contributed by atoms with Gasteiger partial charge in [0.25, 0.3) is 18.3 Å². The average Bonchev–Trinajstić information content (AvgIpc) is 4.38. The van der Waals surface area contributed by atoms with Crippen LogP contribution < -0.4 is 150 Å². The van der Waals surface area contributed by atoms with Crippen LogP contribution in [0.3, 0.4) is 0 Å². The summed E-state index contributed by atoms with van der Waals surface area (Å²) in [6, 6.07) is 11.8. The third kappa shape index (κ3) is 21.3. The number of anilines is 5. The number of nitrogens with one attached hydrogen (secondary N) is 3. The van der Waals surface area contributed by atoms with Gasteiger partial charge in [0.2, 0.25) is 5.91 Å². The number of methoxy groups -OCH3 is 3. The number of nitrogens with zero attached hydrogens (tertiary/aromatic N) is 4. The number of Topliss-reactive ketones (excluding diaryl/α,β-unsaturated/α-hetero) is 1. The van der Waals surface area contributed by atoms with Crippen LogP contribution in [0.25, 0.3) is 0 Å². The molecule has 6 rings (SSSR count). The first-order valence-corrected chi connectivity index (χ1v) is 24.4. The number of nitrogens with two attached hydrogens (primary N) is 2. The molecule has 0 aliphatic heterocycles. The van der Waals surface area contributed by atoms with E-state index in [1.165, 1.54) is 63.8 Å². The first kappa shape index (κ1) is 72.1. The molecule has 8 N–H and O–H groups in total. The van der Waals surface area contributed by atoms with Gasteiger partial charge in [-0.05, 0) is 49.1 Å². The molecule has 0 aliphatic rings. The van der Waals surface area contributed by atoms with Gasteiger partial charge in [-0.15, -0.1) is 0 Å². The van der Waals surface area contributed by atoms with Crippen molar-refractivity contribution in [3.05, 3.63) is 138 Å². The second kappa shape index (κ2) is 35.9. The predicted octanol–water partition coefficient (Wildman–Crippen LogP) is -0.850. The molecular weight excluding hydrogens is 1140 g/mol. The number of ketones is 1. The van der Waals surface area contributed by atoms with E-state index in [0.717, 1.165) is 0 Å². The number of hydrogen-bond donors (Lipinski definition) is 6. The van der Waals surface area contributed by atoms with Crippen molar-refractivity contribution < 1.29 is 186 Å². The number of amides is 3. The molecule has 0 fully saturated rings. The normalized spacial score (nSPS) is 10.0. The number of unbranched alkanes of at least 4 members (excludes halogenated alkanes) is 2. The second-order valence-electron chi connectivity index (χ2n) is 17.4. The van der Waals surface area contributed by atoms with Gasteiger partial charge in [-0.1, -0.05) is 25.3 Å². The maximum atomic E-state index is 13.4. The van der Waals surface area contributed by atoms with Crippen LogP contribution in [0.2, 0.25) is 0 Å². The summed E-state index contributed by atoms with van der Waals surface area (Å²) in [5.74, 6) is -2.27. The molecule has 434 valence electrons. The number of aromatic nitrogens is 4. The average molecular weight is 1200 g/mol. The van der Waals surface area contributed by atoms with Crippen molar-refractivity contribution in [2.75, 3.05) is 68.6 Å². The Bertz CT molecular complexity index is 3280. The number of nitrogen functional groups attached to an aromatic ring is 2. The third-order valence-electron chi connectivity index (χ3n) is 11.5. The summed E-state index contributed by atoms with van der Waals surface area (Å²) >= 11 is 0. The van der Waals surface area contributed by atoms with Crippen LogP contribution in [0.4, 0.5) is 28.4 Å². The Hall–Kier alpha value is -6.97. The van der Waals surface area contributed by atoms with E-state index >= 15 is 0 Å². The molecule has 0 spiro atoms. The largest absolute Gasteiger partial charge is 1.00 e. The van der Waals surface area contributed by atoms with Crippen LogP contribution in [-0.2, 0) is 63.3 Å². The molecule has 0 radical (unpaired) electrons. The van der Waals surface area contributed by atoms with Crippen molar-refractivity contribution in [1.29, 1.82) is 0 Å². The van der Waals surface area contributed by atoms with Crippen LogP contribution in [0.15, 0.2) is 98.6 Å². The number of phenols is 1. The van der Waals surface area contributed by atoms with E-state index in [2.05, 4.69) is 34.0 Å². The summed E-state index contributed by atoms with van der Waals surface area (Å²) in [5.41, 5.74) is 15.3.